The van der Waals surface area contributed by atoms with E-state index in [1.54, 1.807) is 18.1 Å². The molecule has 0 bridgehead atoms. The average molecular weight is 310 g/mol. The fraction of sp³-hybridized carbons (Fsp3) is 0.562. The summed E-state index contributed by atoms with van der Waals surface area (Å²) >= 11 is 0. The Hall–Kier alpha value is -1.50. The second-order valence-electron chi connectivity index (χ2n) is 5.49. The second-order valence-corrected chi connectivity index (χ2v) is 5.49. The molecular formula is C16H23FN2O3. The molecule has 0 saturated carbocycles. The number of ether oxygens (including phenoxy) is 2. The molecule has 22 heavy (non-hydrogen) atoms. The summed E-state index contributed by atoms with van der Waals surface area (Å²) in [5, 5.41) is 0. The normalized spacial score (nSPS) is 18.0. The Morgan fingerprint density at radius 2 is 2.27 bits per heavy atom. The number of likely N-dealkylation sites (tertiary alicyclic amines) is 1. The van der Waals surface area contributed by atoms with Crippen LogP contribution >= 0.6 is 0 Å². The first-order valence-electron chi connectivity index (χ1n) is 7.50. The van der Waals surface area contributed by atoms with Crippen LogP contribution in [0.2, 0.25) is 0 Å². The zero-order valence-electron chi connectivity index (χ0n) is 12.9. The summed E-state index contributed by atoms with van der Waals surface area (Å²) in [7, 11) is 1.58. The van der Waals surface area contributed by atoms with E-state index in [1.807, 2.05) is 0 Å². The van der Waals surface area contributed by atoms with E-state index >= 15 is 0 Å². The minimum atomic E-state index is -0.366. The molecule has 1 aliphatic rings. The minimum absolute atomic E-state index is 0.0749. The molecule has 1 amide bonds. The second kappa shape index (κ2) is 8.22. The Labute approximate surface area is 130 Å². The van der Waals surface area contributed by atoms with E-state index in [2.05, 4.69) is 0 Å². The molecule has 1 unspecified atom stereocenters. The highest BCUT2D eigenvalue weighted by molar-refractivity contribution is 5.94. The van der Waals surface area contributed by atoms with Gasteiger partial charge < -0.3 is 20.1 Å². The fourth-order valence-corrected chi connectivity index (χ4v) is 2.53. The maximum Gasteiger partial charge on any atom is 0.253 e. The molecule has 1 aromatic rings. The van der Waals surface area contributed by atoms with E-state index in [1.165, 1.54) is 12.1 Å². The number of hydrogen-bond acceptors (Lipinski definition) is 4. The average Bonchev–Trinajstić information content (AvgIpc) is 3.01. The smallest absolute Gasteiger partial charge is 0.253 e. The lowest BCUT2D eigenvalue weighted by molar-refractivity contribution is 0.0603. The molecule has 0 radical (unpaired) electrons. The third-order valence-electron chi connectivity index (χ3n) is 3.89. The lowest BCUT2D eigenvalue weighted by Crippen LogP contribution is -2.30. The van der Waals surface area contributed by atoms with Crippen LogP contribution in [0.4, 0.5) is 4.39 Å². The molecule has 1 saturated heterocycles. The monoisotopic (exact) mass is 310 g/mol. The van der Waals surface area contributed by atoms with Crippen molar-refractivity contribution in [2.75, 3.05) is 40.0 Å². The van der Waals surface area contributed by atoms with E-state index in [-0.39, 0.29) is 18.3 Å². The summed E-state index contributed by atoms with van der Waals surface area (Å²) in [5.74, 6) is -0.0782. The van der Waals surface area contributed by atoms with Crippen molar-refractivity contribution in [3.8, 4) is 0 Å². The quantitative estimate of drug-likeness (QED) is 0.773. The van der Waals surface area contributed by atoms with Gasteiger partial charge in [-0.2, -0.15) is 0 Å². The standard InChI is InChI=1S/C16H23FN2O3/c1-21-6-7-22-11-14-8-13(2-3-15(14)17)16(20)19-5-4-12(9-18)10-19/h2-3,8,12H,4-7,9-11,18H2,1H3. The third-order valence-corrected chi connectivity index (χ3v) is 3.89. The van der Waals surface area contributed by atoms with Gasteiger partial charge in [-0.05, 0) is 37.1 Å². The van der Waals surface area contributed by atoms with Gasteiger partial charge >= 0.3 is 0 Å². The number of nitrogens with two attached hydrogens (primary N) is 1. The van der Waals surface area contributed by atoms with Crippen molar-refractivity contribution in [3.63, 3.8) is 0 Å². The molecule has 6 heteroatoms. The van der Waals surface area contributed by atoms with Crippen LogP contribution in [0.25, 0.3) is 0 Å². The number of benzene rings is 1. The molecule has 1 aromatic carbocycles. The molecule has 5 nitrogen and oxygen atoms in total. The summed E-state index contributed by atoms with van der Waals surface area (Å²) in [6.45, 7) is 2.94. The highest BCUT2D eigenvalue weighted by atomic mass is 19.1. The molecule has 1 atom stereocenters. The number of halogens is 1. The van der Waals surface area contributed by atoms with E-state index in [9.17, 15) is 9.18 Å². The Bertz CT molecular complexity index is 510. The van der Waals surface area contributed by atoms with Gasteiger partial charge in [0.05, 0.1) is 19.8 Å². The largest absolute Gasteiger partial charge is 0.382 e. The number of nitrogens with zero attached hydrogens (tertiary/aromatic N) is 1. The van der Waals surface area contributed by atoms with Gasteiger partial charge in [-0.3, -0.25) is 4.79 Å². The van der Waals surface area contributed by atoms with Gasteiger partial charge in [0.2, 0.25) is 0 Å². The zero-order chi connectivity index (χ0) is 15.9. The van der Waals surface area contributed by atoms with Crippen molar-refractivity contribution in [3.05, 3.63) is 35.1 Å². The molecule has 1 fully saturated rings. The van der Waals surface area contributed by atoms with Gasteiger partial charge in [-0.25, -0.2) is 4.39 Å². The van der Waals surface area contributed by atoms with E-state index in [0.717, 1.165) is 6.42 Å². The predicted octanol–water partition coefficient (Wildman–Crippen LogP) is 1.41. The van der Waals surface area contributed by atoms with Gasteiger partial charge in [0.15, 0.2) is 0 Å². The summed E-state index contributed by atoms with van der Waals surface area (Å²) in [6.07, 6.45) is 0.927. The van der Waals surface area contributed by atoms with Gasteiger partial charge in [0, 0.05) is 31.3 Å². The molecule has 2 N–H and O–H groups in total. The molecule has 0 aromatic heterocycles. The van der Waals surface area contributed by atoms with Crippen molar-refractivity contribution in [1.82, 2.24) is 4.90 Å². The summed E-state index contributed by atoms with van der Waals surface area (Å²) in [5.41, 5.74) is 6.52. The number of hydrogen-bond donors (Lipinski definition) is 1. The number of rotatable bonds is 7. The van der Waals surface area contributed by atoms with Gasteiger partial charge in [0.1, 0.15) is 5.82 Å². The lowest BCUT2D eigenvalue weighted by atomic mass is 10.1. The third kappa shape index (κ3) is 4.25. The topological polar surface area (TPSA) is 64.8 Å². The molecule has 122 valence electrons. The van der Waals surface area contributed by atoms with Crippen molar-refractivity contribution >= 4 is 5.91 Å². The van der Waals surface area contributed by atoms with E-state index < -0.39 is 0 Å². The molecule has 0 spiro atoms. The summed E-state index contributed by atoms with van der Waals surface area (Å²) < 4.78 is 24.0. The van der Waals surface area contributed by atoms with Gasteiger partial charge in [0.25, 0.3) is 5.91 Å². The highest BCUT2D eigenvalue weighted by Gasteiger charge is 2.26. The predicted molar refractivity (Wildman–Crippen MR) is 81.0 cm³/mol. The Kier molecular flexibility index (Phi) is 6.30. The highest BCUT2D eigenvalue weighted by Crippen LogP contribution is 2.19. The van der Waals surface area contributed by atoms with Gasteiger partial charge in [-0.1, -0.05) is 0 Å². The maximum atomic E-state index is 13.8. The number of methoxy groups -OCH3 is 1. The van der Waals surface area contributed by atoms with E-state index in [0.29, 0.717) is 49.9 Å². The molecule has 1 heterocycles. The maximum absolute atomic E-state index is 13.8. The SMILES string of the molecule is COCCOCc1cc(C(=O)N2CCC(CN)C2)ccc1F. The minimum Gasteiger partial charge on any atom is -0.382 e. The Morgan fingerprint density at radius 3 is 2.95 bits per heavy atom. The zero-order valence-corrected chi connectivity index (χ0v) is 12.9. The van der Waals surface area contributed by atoms with Crippen molar-refractivity contribution in [2.45, 2.75) is 13.0 Å². The van der Waals surface area contributed by atoms with Crippen molar-refractivity contribution in [1.29, 1.82) is 0 Å². The number of amides is 1. The van der Waals surface area contributed by atoms with Crippen LogP contribution in [0, 0.1) is 11.7 Å². The van der Waals surface area contributed by atoms with Crippen LogP contribution in [-0.4, -0.2) is 50.8 Å². The lowest BCUT2D eigenvalue weighted by Gasteiger charge is -2.17. The Morgan fingerprint density at radius 1 is 1.45 bits per heavy atom. The molecule has 0 aliphatic carbocycles. The molecule has 1 aliphatic heterocycles. The first-order chi connectivity index (χ1) is 10.7. The van der Waals surface area contributed by atoms with Crippen LogP contribution in [0.3, 0.4) is 0 Å². The molecular weight excluding hydrogens is 287 g/mol. The number of carbonyl (C=O) groups excluding carboxylic acids is 1. The van der Waals surface area contributed by atoms with Crippen LogP contribution < -0.4 is 5.73 Å². The van der Waals surface area contributed by atoms with Crippen LogP contribution in [-0.2, 0) is 16.1 Å². The molecule has 2 rings (SSSR count). The van der Waals surface area contributed by atoms with Gasteiger partial charge in [-0.15, -0.1) is 0 Å². The summed E-state index contributed by atoms with van der Waals surface area (Å²) in [4.78, 5) is 14.2. The van der Waals surface area contributed by atoms with Crippen LogP contribution in [0.15, 0.2) is 18.2 Å². The van der Waals surface area contributed by atoms with Crippen LogP contribution in [0.5, 0.6) is 0 Å². The van der Waals surface area contributed by atoms with Crippen LogP contribution in [0.1, 0.15) is 22.3 Å². The van der Waals surface area contributed by atoms with E-state index in [4.69, 9.17) is 15.2 Å². The summed E-state index contributed by atoms with van der Waals surface area (Å²) in [6, 6.07) is 4.41. The van der Waals surface area contributed by atoms with Crippen molar-refractivity contribution in [2.24, 2.45) is 11.7 Å². The first-order valence-corrected chi connectivity index (χ1v) is 7.50. The first kappa shape index (κ1) is 16.9. The fourth-order valence-electron chi connectivity index (χ4n) is 2.53. The number of carbonyl (C=O) groups is 1. The Balaban J connectivity index is 2.00. The van der Waals surface area contributed by atoms with Crippen molar-refractivity contribution < 1.29 is 18.7 Å².